The van der Waals surface area contributed by atoms with Crippen molar-refractivity contribution in [3.8, 4) is 6.07 Å². The summed E-state index contributed by atoms with van der Waals surface area (Å²) in [4.78, 5) is 0. The molecular weight excluding hydrogens is 166 g/mol. The Labute approximate surface area is 76.9 Å². The molecule has 0 saturated heterocycles. The van der Waals surface area contributed by atoms with Crippen molar-refractivity contribution in [1.29, 1.82) is 5.26 Å². The molecule has 0 fully saturated rings. The number of hydrogen-bond donors (Lipinski definition) is 1. The zero-order valence-electron chi connectivity index (χ0n) is 7.40. The fraction of sp³-hybridized carbons (Fsp3) is 0.300. The van der Waals surface area contributed by atoms with Gasteiger partial charge in [-0.1, -0.05) is 6.08 Å². The largest absolute Gasteiger partial charge is 0.466 e. The van der Waals surface area contributed by atoms with Crippen LogP contribution in [0, 0.1) is 11.3 Å². The van der Waals surface area contributed by atoms with E-state index in [1.165, 1.54) is 12.3 Å². The lowest BCUT2D eigenvalue weighted by Crippen LogP contribution is -2.18. The second-order valence-corrected chi connectivity index (χ2v) is 2.99. The lowest BCUT2D eigenvalue weighted by molar-refractivity contribution is 0.0372. The van der Waals surface area contributed by atoms with E-state index in [1.54, 1.807) is 25.1 Å². The number of aliphatic hydroxyl groups is 1. The lowest BCUT2D eigenvalue weighted by atomic mass is 9.99. The molecule has 0 unspecified atom stereocenters. The molecular formula is C10H11NO2. The van der Waals surface area contributed by atoms with E-state index in [-0.39, 0.29) is 0 Å². The van der Waals surface area contributed by atoms with E-state index in [4.69, 9.17) is 9.68 Å². The summed E-state index contributed by atoms with van der Waals surface area (Å²) in [6.07, 6.45) is 4.84. The monoisotopic (exact) mass is 177 g/mol. The molecule has 0 aliphatic heterocycles. The molecule has 0 aliphatic rings. The van der Waals surface area contributed by atoms with Crippen LogP contribution >= 0.6 is 0 Å². The van der Waals surface area contributed by atoms with Crippen LogP contribution in [0.5, 0.6) is 0 Å². The van der Waals surface area contributed by atoms with Crippen LogP contribution in [0.15, 0.2) is 35.0 Å². The summed E-state index contributed by atoms with van der Waals surface area (Å²) >= 11 is 0. The molecule has 3 nitrogen and oxygen atoms in total. The standard InChI is InChI=1S/C10H11NO2/c1-10(12,6-2-3-7-11)9-5-4-8-13-9/h2-5,8,12H,6H2,1H3/b3-2-/t10-/m0/s1. The van der Waals surface area contributed by atoms with Gasteiger partial charge in [-0.3, -0.25) is 0 Å². The topological polar surface area (TPSA) is 57.2 Å². The van der Waals surface area contributed by atoms with Crippen LogP contribution in [0.3, 0.4) is 0 Å². The van der Waals surface area contributed by atoms with Gasteiger partial charge in [-0.25, -0.2) is 0 Å². The molecule has 1 aromatic rings. The third kappa shape index (κ3) is 2.46. The summed E-state index contributed by atoms with van der Waals surface area (Å²) in [6.45, 7) is 1.65. The van der Waals surface area contributed by atoms with E-state index in [1.807, 2.05) is 6.07 Å². The Morgan fingerprint density at radius 2 is 2.54 bits per heavy atom. The van der Waals surface area contributed by atoms with Crippen molar-refractivity contribution >= 4 is 0 Å². The summed E-state index contributed by atoms with van der Waals surface area (Å²) in [7, 11) is 0. The van der Waals surface area contributed by atoms with Gasteiger partial charge < -0.3 is 9.52 Å². The predicted molar refractivity (Wildman–Crippen MR) is 47.6 cm³/mol. The van der Waals surface area contributed by atoms with Crippen LogP contribution in [0.1, 0.15) is 19.1 Å². The molecule has 68 valence electrons. The van der Waals surface area contributed by atoms with Crippen LogP contribution in [-0.2, 0) is 5.60 Å². The van der Waals surface area contributed by atoms with Gasteiger partial charge in [0.05, 0.1) is 12.3 Å². The molecule has 1 atom stereocenters. The second-order valence-electron chi connectivity index (χ2n) is 2.99. The zero-order valence-corrected chi connectivity index (χ0v) is 7.40. The van der Waals surface area contributed by atoms with Crippen LogP contribution < -0.4 is 0 Å². The molecule has 1 rings (SSSR count). The van der Waals surface area contributed by atoms with Gasteiger partial charge in [0, 0.05) is 12.5 Å². The summed E-state index contributed by atoms with van der Waals surface area (Å²) in [5, 5.41) is 18.1. The lowest BCUT2D eigenvalue weighted by Gasteiger charge is -2.17. The maximum Gasteiger partial charge on any atom is 0.135 e. The molecule has 0 bridgehead atoms. The van der Waals surface area contributed by atoms with Gasteiger partial charge >= 0.3 is 0 Å². The molecule has 13 heavy (non-hydrogen) atoms. The van der Waals surface area contributed by atoms with Crippen molar-refractivity contribution in [3.63, 3.8) is 0 Å². The molecule has 0 aromatic carbocycles. The first-order chi connectivity index (χ1) is 6.17. The van der Waals surface area contributed by atoms with Gasteiger partial charge in [-0.15, -0.1) is 0 Å². The molecule has 1 heterocycles. The van der Waals surface area contributed by atoms with E-state index in [2.05, 4.69) is 0 Å². The molecule has 3 heteroatoms. The number of allylic oxidation sites excluding steroid dienone is 1. The highest BCUT2D eigenvalue weighted by Crippen LogP contribution is 2.24. The first-order valence-electron chi connectivity index (χ1n) is 3.98. The number of nitriles is 1. The van der Waals surface area contributed by atoms with Gasteiger partial charge in [0.25, 0.3) is 0 Å². The van der Waals surface area contributed by atoms with Gasteiger partial charge in [0.1, 0.15) is 11.4 Å². The average molecular weight is 177 g/mol. The number of hydrogen-bond acceptors (Lipinski definition) is 3. The van der Waals surface area contributed by atoms with Gasteiger partial charge in [-0.05, 0) is 19.1 Å². The van der Waals surface area contributed by atoms with Crippen molar-refractivity contribution in [3.05, 3.63) is 36.3 Å². The summed E-state index contributed by atoms with van der Waals surface area (Å²) in [5.74, 6) is 0.509. The highest BCUT2D eigenvalue weighted by molar-refractivity contribution is 5.11. The minimum atomic E-state index is -1.03. The third-order valence-corrected chi connectivity index (χ3v) is 1.76. The number of nitrogens with zero attached hydrogens (tertiary/aromatic N) is 1. The molecule has 0 saturated carbocycles. The van der Waals surface area contributed by atoms with Crippen molar-refractivity contribution in [1.82, 2.24) is 0 Å². The smallest absolute Gasteiger partial charge is 0.135 e. The zero-order chi connectivity index (χ0) is 9.73. The van der Waals surface area contributed by atoms with Gasteiger partial charge in [0.15, 0.2) is 0 Å². The van der Waals surface area contributed by atoms with Crippen molar-refractivity contribution in [2.75, 3.05) is 0 Å². The Hall–Kier alpha value is -1.53. The maximum absolute atomic E-state index is 9.85. The van der Waals surface area contributed by atoms with Crippen LogP contribution in [0.25, 0.3) is 0 Å². The Morgan fingerprint density at radius 3 is 3.08 bits per heavy atom. The highest BCUT2D eigenvalue weighted by Gasteiger charge is 2.24. The van der Waals surface area contributed by atoms with Crippen molar-refractivity contribution in [2.45, 2.75) is 18.9 Å². The van der Waals surface area contributed by atoms with Crippen LogP contribution in [0.4, 0.5) is 0 Å². The summed E-state index contributed by atoms with van der Waals surface area (Å²) < 4.78 is 5.06. The van der Waals surface area contributed by atoms with Crippen LogP contribution in [0.2, 0.25) is 0 Å². The fourth-order valence-electron chi connectivity index (χ4n) is 1.03. The SMILES string of the molecule is C[C@](O)(C/C=C\C#N)c1ccco1. The first kappa shape index (κ1) is 9.56. The molecule has 0 amide bonds. The third-order valence-electron chi connectivity index (χ3n) is 1.76. The average Bonchev–Trinajstić information content (AvgIpc) is 2.56. The molecule has 0 aliphatic carbocycles. The Kier molecular flexibility index (Phi) is 2.88. The second kappa shape index (κ2) is 3.92. The highest BCUT2D eigenvalue weighted by atomic mass is 16.4. The van der Waals surface area contributed by atoms with E-state index in [0.717, 1.165) is 0 Å². The fourth-order valence-corrected chi connectivity index (χ4v) is 1.03. The minimum Gasteiger partial charge on any atom is -0.466 e. The van der Waals surface area contributed by atoms with E-state index < -0.39 is 5.60 Å². The van der Waals surface area contributed by atoms with Crippen molar-refractivity contribution < 1.29 is 9.52 Å². The Balaban J connectivity index is 2.68. The predicted octanol–water partition coefficient (Wildman–Crippen LogP) is 1.96. The quantitative estimate of drug-likeness (QED) is 0.718. The summed E-state index contributed by atoms with van der Waals surface area (Å²) in [6, 6.07) is 5.29. The van der Waals surface area contributed by atoms with Gasteiger partial charge in [0.2, 0.25) is 0 Å². The molecule has 1 aromatic heterocycles. The Bertz CT molecular complexity index is 317. The normalized spacial score (nSPS) is 15.5. The van der Waals surface area contributed by atoms with E-state index in [0.29, 0.717) is 12.2 Å². The Morgan fingerprint density at radius 1 is 1.77 bits per heavy atom. The minimum absolute atomic E-state index is 0.369. The van der Waals surface area contributed by atoms with Crippen molar-refractivity contribution in [2.24, 2.45) is 0 Å². The molecule has 0 radical (unpaired) electrons. The van der Waals surface area contributed by atoms with E-state index >= 15 is 0 Å². The summed E-state index contributed by atoms with van der Waals surface area (Å²) in [5.41, 5.74) is -1.03. The van der Waals surface area contributed by atoms with E-state index in [9.17, 15) is 5.11 Å². The molecule has 1 N–H and O–H groups in total. The van der Waals surface area contributed by atoms with Gasteiger partial charge in [-0.2, -0.15) is 5.26 Å². The molecule has 0 spiro atoms. The number of furan rings is 1. The maximum atomic E-state index is 9.85. The van der Waals surface area contributed by atoms with Crippen LogP contribution in [-0.4, -0.2) is 5.11 Å². The number of rotatable bonds is 3. The first-order valence-corrected chi connectivity index (χ1v) is 3.98.